The highest BCUT2D eigenvalue weighted by Crippen LogP contribution is 2.15. The van der Waals surface area contributed by atoms with E-state index in [4.69, 9.17) is 9.47 Å². The van der Waals surface area contributed by atoms with Crippen molar-refractivity contribution in [3.63, 3.8) is 0 Å². The molecule has 6 heteroatoms. The summed E-state index contributed by atoms with van der Waals surface area (Å²) in [4.78, 5) is 8.33. The van der Waals surface area contributed by atoms with Gasteiger partial charge in [-0.3, -0.25) is 4.98 Å². The van der Waals surface area contributed by atoms with Gasteiger partial charge in [0.1, 0.15) is 6.61 Å². The van der Waals surface area contributed by atoms with E-state index in [-0.39, 0.29) is 0 Å². The Morgan fingerprint density at radius 3 is 2.80 bits per heavy atom. The molecule has 2 aromatic rings. The van der Waals surface area contributed by atoms with Crippen molar-refractivity contribution in [3.05, 3.63) is 46.8 Å². The van der Waals surface area contributed by atoms with E-state index >= 15 is 0 Å². The van der Waals surface area contributed by atoms with Gasteiger partial charge >= 0.3 is 0 Å². The summed E-state index contributed by atoms with van der Waals surface area (Å²) in [7, 11) is 1.64. The molecule has 0 saturated carbocycles. The lowest BCUT2D eigenvalue weighted by Gasteiger charge is -2.08. The van der Waals surface area contributed by atoms with Crippen LogP contribution >= 0.6 is 15.9 Å². The Morgan fingerprint density at radius 1 is 1.20 bits per heavy atom. The molecule has 106 valence electrons. The van der Waals surface area contributed by atoms with Crippen molar-refractivity contribution in [1.82, 2.24) is 9.97 Å². The minimum atomic E-state index is 0.505. The van der Waals surface area contributed by atoms with Crippen LogP contribution in [0.25, 0.3) is 0 Å². The van der Waals surface area contributed by atoms with Gasteiger partial charge in [-0.2, -0.15) is 0 Å². The smallest absolute Gasteiger partial charge is 0.213 e. The van der Waals surface area contributed by atoms with E-state index in [1.165, 1.54) is 0 Å². The van der Waals surface area contributed by atoms with Crippen LogP contribution in [0.3, 0.4) is 0 Å². The highest BCUT2D eigenvalue weighted by molar-refractivity contribution is 9.10. The van der Waals surface area contributed by atoms with Crippen molar-refractivity contribution in [2.45, 2.75) is 6.54 Å². The zero-order valence-electron chi connectivity index (χ0n) is 11.2. The van der Waals surface area contributed by atoms with Crippen molar-refractivity contribution in [2.75, 3.05) is 25.6 Å². The van der Waals surface area contributed by atoms with Crippen LogP contribution in [0, 0.1) is 0 Å². The fourth-order valence-corrected chi connectivity index (χ4v) is 1.91. The minimum Gasteiger partial charge on any atom is -0.475 e. The lowest BCUT2D eigenvalue weighted by Crippen LogP contribution is -2.06. The van der Waals surface area contributed by atoms with E-state index in [0.29, 0.717) is 25.6 Å². The summed E-state index contributed by atoms with van der Waals surface area (Å²) in [6, 6.07) is 5.81. The number of hydrogen-bond donors (Lipinski definition) is 1. The van der Waals surface area contributed by atoms with E-state index in [2.05, 4.69) is 31.2 Å². The third-order valence-corrected chi connectivity index (χ3v) is 2.97. The normalized spacial score (nSPS) is 10.3. The second-order valence-electron chi connectivity index (χ2n) is 4.09. The van der Waals surface area contributed by atoms with Crippen molar-refractivity contribution in [2.24, 2.45) is 0 Å². The summed E-state index contributed by atoms with van der Waals surface area (Å²) < 4.78 is 11.3. The average molecular weight is 338 g/mol. The molecule has 0 atom stereocenters. The third-order valence-electron chi connectivity index (χ3n) is 2.54. The first-order valence-electron chi connectivity index (χ1n) is 6.19. The Balaban J connectivity index is 1.84. The molecule has 2 aromatic heterocycles. The lowest BCUT2D eigenvalue weighted by atomic mass is 10.3. The first-order chi connectivity index (χ1) is 9.78. The van der Waals surface area contributed by atoms with Crippen LogP contribution in [-0.2, 0) is 11.3 Å². The van der Waals surface area contributed by atoms with E-state index in [1.807, 2.05) is 18.2 Å². The summed E-state index contributed by atoms with van der Waals surface area (Å²) in [6.45, 7) is 1.75. The zero-order valence-corrected chi connectivity index (χ0v) is 12.8. The van der Waals surface area contributed by atoms with Crippen LogP contribution in [0.1, 0.15) is 5.56 Å². The molecule has 20 heavy (non-hydrogen) atoms. The molecule has 0 fully saturated rings. The number of nitrogens with one attached hydrogen (secondary N) is 1. The molecule has 2 heterocycles. The molecule has 0 bridgehead atoms. The monoisotopic (exact) mass is 337 g/mol. The molecule has 0 aliphatic carbocycles. The van der Waals surface area contributed by atoms with E-state index in [0.717, 1.165) is 15.7 Å². The Labute approximate surface area is 126 Å². The molecule has 0 aliphatic rings. The second kappa shape index (κ2) is 7.81. The number of methoxy groups -OCH3 is 1. The molecule has 0 saturated heterocycles. The van der Waals surface area contributed by atoms with Crippen LogP contribution < -0.4 is 10.1 Å². The lowest BCUT2D eigenvalue weighted by molar-refractivity contribution is 0.143. The summed E-state index contributed by atoms with van der Waals surface area (Å²) in [5.74, 6) is 0.606. The standard InChI is InChI=1S/C14H16BrN3O2/c1-19-4-5-20-14-3-2-11(8-18-14)7-17-13-6-12(15)9-16-10-13/h2-3,6,8-10,17H,4-5,7H2,1H3. The van der Waals surface area contributed by atoms with E-state index in [1.54, 1.807) is 25.7 Å². The van der Waals surface area contributed by atoms with Gasteiger partial charge in [0, 0.05) is 36.6 Å². The fourth-order valence-electron chi connectivity index (χ4n) is 1.54. The first-order valence-corrected chi connectivity index (χ1v) is 6.98. The van der Waals surface area contributed by atoms with Gasteiger partial charge < -0.3 is 14.8 Å². The molecule has 1 N–H and O–H groups in total. The first kappa shape index (κ1) is 14.7. The Bertz CT molecular complexity index is 534. The molecule has 0 amide bonds. The summed E-state index contributed by atoms with van der Waals surface area (Å²) in [6.07, 6.45) is 5.32. The van der Waals surface area contributed by atoms with Crippen molar-refractivity contribution in [1.29, 1.82) is 0 Å². The van der Waals surface area contributed by atoms with Crippen molar-refractivity contribution >= 4 is 21.6 Å². The van der Waals surface area contributed by atoms with E-state index < -0.39 is 0 Å². The number of nitrogens with zero attached hydrogens (tertiary/aromatic N) is 2. The maximum absolute atomic E-state index is 5.41. The van der Waals surface area contributed by atoms with Crippen LogP contribution in [0.2, 0.25) is 0 Å². The van der Waals surface area contributed by atoms with E-state index in [9.17, 15) is 0 Å². The highest BCUT2D eigenvalue weighted by atomic mass is 79.9. The third kappa shape index (κ3) is 4.79. The molecular weight excluding hydrogens is 322 g/mol. The molecular formula is C14H16BrN3O2. The van der Waals surface area contributed by atoms with Gasteiger partial charge in [-0.25, -0.2) is 4.98 Å². The number of hydrogen-bond acceptors (Lipinski definition) is 5. The SMILES string of the molecule is COCCOc1ccc(CNc2cncc(Br)c2)cn1. The van der Waals surface area contributed by atoms with Gasteiger partial charge in [0.05, 0.1) is 18.5 Å². The molecule has 2 rings (SSSR count). The predicted octanol–water partition coefficient (Wildman–Crippen LogP) is 2.88. The second-order valence-corrected chi connectivity index (χ2v) is 5.01. The van der Waals surface area contributed by atoms with Gasteiger partial charge in [0.2, 0.25) is 5.88 Å². The topological polar surface area (TPSA) is 56.3 Å². The Hall–Kier alpha value is -1.66. The largest absolute Gasteiger partial charge is 0.475 e. The summed E-state index contributed by atoms with van der Waals surface area (Å²) in [5, 5.41) is 3.28. The van der Waals surface area contributed by atoms with Crippen molar-refractivity contribution in [3.8, 4) is 5.88 Å². The number of rotatable bonds is 7. The fraction of sp³-hybridized carbons (Fsp3) is 0.286. The maximum atomic E-state index is 5.41. The van der Waals surface area contributed by atoms with Crippen LogP contribution in [0.5, 0.6) is 5.88 Å². The molecule has 0 spiro atoms. The molecule has 0 aromatic carbocycles. The van der Waals surface area contributed by atoms with Crippen LogP contribution in [-0.4, -0.2) is 30.3 Å². The van der Waals surface area contributed by atoms with Gasteiger partial charge in [0.15, 0.2) is 0 Å². The maximum Gasteiger partial charge on any atom is 0.213 e. The number of halogens is 1. The molecule has 0 unspecified atom stereocenters. The van der Waals surface area contributed by atoms with Gasteiger partial charge in [0.25, 0.3) is 0 Å². The van der Waals surface area contributed by atoms with Gasteiger partial charge in [-0.05, 0) is 27.6 Å². The van der Waals surface area contributed by atoms with Crippen LogP contribution in [0.4, 0.5) is 5.69 Å². The summed E-state index contributed by atoms with van der Waals surface area (Å²) in [5.41, 5.74) is 2.03. The molecule has 0 aliphatic heterocycles. The van der Waals surface area contributed by atoms with Gasteiger partial charge in [-0.15, -0.1) is 0 Å². The number of pyridine rings is 2. The average Bonchev–Trinajstić information content (AvgIpc) is 2.47. The van der Waals surface area contributed by atoms with Gasteiger partial charge in [-0.1, -0.05) is 6.07 Å². The quantitative estimate of drug-likeness (QED) is 0.787. The zero-order chi connectivity index (χ0) is 14.2. The number of aromatic nitrogens is 2. The molecule has 0 radical (unpaired) electrons. The van der Waals surface area contributed by atoms with Crippen molar-refractivity contribution < 1.29 is 9.47 Å². The summed E-state index contributed by atoms with van der Waals surface area (Å²) >= 11 is 3.39. The Kier molecular flexibility index (Phi) is 5.76. The molecule has 5 nitrogen and oxygen atoms in total. The highest BCUT2D eigenvalue weighted by Gasteiger charge is 1.98. The number of anilines is 1. The Morgan fingerprint density at radius 2 is 2.10 bits per heavy atom. The van der Waals surface area contributed by atoms with Crippen LogP contribution in [0.15, 0.2) is 41.3 Å². The minimum absolute atomic E-state index is 0.505. The number of ether oxygens (including phenoxy) is 2. The predicted molar refractivity (Wildman–Crippen MR) is 80.9 cm³/mol.